The number of hydrogen-bond acceptors (Lipinski definition) is 4. The molecule has 0 saturated carbocycles. The number of benzene rings is 2. The highest BCUT2D eigenvalue weighted by Gasteiger charge is 2.14. The third kappa shape index (κ3) is 2.88. The number of nitrogens with zero attached hydrogens (tertiary/aromatic N) is 2. The SMILES string of the molecule is Cc1nc(-c2ccc(F)cc2)sc1-c1csc(-c2ccccc2)n1. The van der Waals surface area contributed by atoms with Crippen molar-refractivity contribution >= 4 is 22.7 Å². The Morgan fingerprint density at radius 2 is 1.54 bits per heavy atom. The number of aryl methyl sites for hydroxylation is 1. The van der Waals surface area contributed by atoms with E-state index in [1.807, 2.05) is 25.1 Å². The summed E-state index contributed by atoms with van der Waals surface area (Å²) in [6.07, 6.45) is 0. The number of aromatic nitrogens is 2. The van der Waals surface area contributed by atoms with Gasteiger partial charge in [0.25, 0.3) is 0 Å². The summed E-state index contributed by atoms with van der Waals surface area (Å²) < 4.78 is 13.1. The molecule has 5 heteroatoms. The van der Waals surface area contributed by atoms with Crippen molar-refractivity contribution in [3.05, 3.63) is 71.5 Å². The maximum atomic E-state index is 13.1. The lowest BCUT2D eigenvalue weighted by Gasteiger charge is -1.95. The standard InChI is InChI=1S/C19H13FN2S2/c1-12-17(24-19(21-12)14-7-9-15(20)10-8-14)16-11-23-18(22-16)13-5-3-2-4-6-13/h2-11H,1H3. The molecule has 4 rings (SSSR count). The maximum Gasteiger partial charge on any atom is 0.124 e. The van der Waals surface area contributed by atoms with Gasteiger partial charge in [0, 0.05) is 16.5 Å². The maximum absolute atomic E-state index is 13.1. The fraction of sp³-hybridized carbons (Fsp3) is 0.0526. The van der Waals surface area contributed by atoms with E-state index in [-0.39, 0.29) is 5.82 Å². The van der Waals surface area contributed by atoms with Crippen LogP contribution < -0.4 is 0 Å². The Bertz CT molecular complexity index is 972. The summed E-state index contributed by atoms with van der Waals surface area (Å²) in [6.45, 7) is 1.99. The van der Waals surface area contributed by atoms with E-state index in [1.165, 1.54) is 12.1 Å². The van der Waals surface area contributed by atoms with E-state index < -0.39 is 0 Å². The molecule has 2 aromatic heterocycles. The van der Waals surface area contributed by atoms with Gasteiger partial charge in [0.2, 0.25) is 0 Å². The molecule has 0 N–H and O–H groups in total. The Balaban J connectivity index is 1.70. The topological polar surface area (TPSA) is 25.8 Å². The van der Waals surface area contributed by atoms with E-state index in [0.717, 1.165) is 37.4 Å². The Morgan fingerprint density at radius 1 is 0.833 bits per heavy atom. The largest absolute Gasteiger partial charge is 0.241 e. The molecular formula is C19H13FN2S2. The van der Waals surface area contributed by atoms with E-state index in [0.29, 0.717) is 0 Å². The number of thiazole rings is 2. The van der Waals surface area contributed by atoms with Crippen molar-refractivity contribution < 1.29 is 4.39 Å². The second kappa shape index (κ2) is 6.26. The van der Waals surface area contributed by atoms with E-state index >= 15 is 0 Å². The lowest BCUT2D eigenvalue weighted by Crippen LogP contribution is -1.80. The van der Waals surface area contributed by atoms with Crippen molar-refractivity contribution in [3.8, 4) is 31.7 Å². The number of hydrogen-bond donors (Lipinski definition) is 0. The van der Waals surface area contributed by atoms with Crippen molar-refractivity contribution in [1.29, 1.82) is 0 Å². The summed E-state index contributed by atoms with van der Waals surface area (Å²) in [5.74, 6) is -0.237. The van der Waals surface area contributed by atoms with E-state index in [4.69, 9.17) is 4.98 Å². The highest BCUT2D eigenvalue weighted by Crippen LogP contribution is 2.37. The molecule has 2 aromatic carbocycles. The monoisotopic (exact) mass is 352 g/mol. The fourth-order valence-electron chi connectivity index (χ4n) is 2.44. The summed E-state index contributed by atoms with van der Waals surface area (Å²) >= 11 is 3.22. The molecule has 0 aliphatic rings. The van der Waals surface area contributed by atoms with Crippen molar-refractivity contribution in [2.45, 2.75) is 6.92 Å². The Hall–Kier alpha value is -2.37. The van der Waals surface area contributed by atoms with Crippen molar-refractivity contribution in [2.75, 3.05) is 0 Å². The molecule has 0 bridgehead atoms. The minimum atomic E-state index is -0.237. The molecule has 0 aliphatic heterocycles. The Morgan fingerprint density at radius 3 is 2.29 bits per heavy atom. The summed E-state index contributed by atoms with van der Waals surface area (Å²) in [6, 6.07) is 16.6. The van der Waals surface area contributed by atoms with Crippen LogP contribution in [0.1, 0.15) is 5.69 Å². The molecule has 0 radical (unpaired) electrons. The lowest BCUT2D eigenvalue weighted by molar-refractivity contribution is 0.628. The zero-order valence-corrected chi connectivity index (χ0v) is 14.5. The summed E-state index contributed by atoms with van der Waals surface area (Å²) in [5, 5.41) is 3.95. The van der Waals surface area contributed by atoms with Gasteiger partial charge in [0.05, 0.1) is 16.3 Å². The molecule has 0 spiro atoms. The van der Waals surface area contributed by atoms with Crippen molar-refractivity contribution in [3.63, 3.8) is 0 Å². The van der Waals surface area contributed by atoms with Gasteiger partial charge in [0.1, 0.15) is 15.8 Å². The fourth-order valence-corrected chi connectivity index (χ4v) is 4.37. The predicted molar refractivity (Wildman–Crippen MR) is 98.8 cm³/mol. The minimum Gasteiger partial charge on any atom is -0.241 e. The van der Waals surface area contributed by atoms with Crippen LogP contribution in [0.2, 0.25) is 0 Å². The Kier molecular flexibility index (Phi) is 3.96. The summed E-state index contributed by atoms with van der Waals surface area (Å²) in [4.78, 5) is 10.5. The van der Waals surface area contributed by atoms with Crippen LogP contribution in [0.5, 0.6) is 0 Å². The van der Waals surface area contributed by atoms with Crippen LogP contribution in [0, 0.1) is 12.7 Å². The summed E-state index contributed by atoms with van der Waals surface area (Å²) in [5.41, 5.74) is 3.94. The second-order valence-electron chi connectivity index (χ2n) is 5.34. The first-order chi connectivity index (χ1) is 11.7. The first-order valence-corrected chi connectivity index (χ1v) is 9.15. The lowest BCUT2D eigenvalue weighted by atomic mass is 10.2. The van der Waals surface area contributed by atoms with Crippen LogP contribution in [0.3, 0.4) is 0 Å². The average molecular weight is 352 g/mol. The molecule has 0 saturated heterocycles. The molecule has 118 valence electrons. The number of halogens is 1. The highest BCUT2D eigenvalue weighted by molar-refractivity contribution is 7.19. The molecule has 0 aliphatic carbocycles. The van der Waals surface area contributed by atoms with Gasteiger partial charge in [-0.25, -0.2) is 14.4 Å². The molecule has 0 fully saturated rings. The first kappa shape index (κ1) is 15.2. The Labute approximate surface area is 147 Å². The van der Waals surface area contributed by atoms with Gasteiger partial charge in [-0.1, -0.05) is 30.3 Å². The highest BCUT2D eigenvalue weighted by atomic mass is 32.1. The quantitative estimate of drug-likeness (QED) is 0.449. The molecule has 0 atom stereocenters. The van der Waals surface area contributed by atoms with Crippen LogP contribution in [0.4, 0.5) is 4.39 Å². The van der Waals surface area contributed by atoms with E-state index in [2.05, 4.69) is 22.5 Å². The van der Waals surface area contributed by atoms with Gasteiger partial charge in [0.15, 0.2) is 0 Å². The van der Waals surface area contributed by atoms with Gasteiger partial charge < -0.3 is 0 Å². The molecule has 24 heavy (non-hydrogen) atoms. The zero-order chi connectivity index (χ0) is 16.5. The van der Waals surface area contributed by atoms with Gasteiger partial charge in [-0.2, -0.15) is 0 Å². The summed E-state index contributed by atoms with van der Waals surface area (Å²) in [7, 11) is 0. The van der Waals surface area contributed by atoms with Crippen molar-refractivity contribution in [2.24, 2.45) is 0 Å². The minimum absolute atomic E-state index is 0.237. The molecule has 0 amide bonds. The van der Waals surface area contributed by atoms with Gasteiger partial charge >= 0.3 is 0 Å². The molecule has 2 nitrogen and oxygen atoms in total. The molecule has 0 unspecified atom stereocenters. The normalized spacial score (nSPS) is 10.9. The second-order valence-corrected chi connectivity index (χ2v) is 7.20. The molecule has 4 aromatic rings. The van der Waals surface area contributed by atoms with Crippen molar-refractivity contribution in [1.82, 2.24) is 9.97 Å². The molecular weight excluding hydrogens is 339 g/mol. The van der Waals surface area contributed by atoms with Crippen LogP contribution in [0.15, 0.2) is 60.0 Å². The zero-order valence-electron chi connectivity index (χ0n) is 12.9. The van der Waals surface area contributed by atoms with E-state index in [9.17, 15) is 4.39 Å². The van der Waals surface area contributed by atoms with Crippen LogP contribution in [-0.2, 0) is 0 Å². The third-order valence-corrected chi connectivity index (χ3v) is 5.77. The molecule has 2 heterocycles. The number of rotatable bonds is 3. The van der Waals surface area contributed by atoms with Crippen LogP contribution in [-0.4, -0.2) is 9.97 Å². The smallest absolute Gasteiger partial charge is 0.124 e. The van der Waals surface area contributed by atoms with E-state index in [1.54, 1.807) is 34.8 Å². The van der Waals surface area contributed by atoms with Crippen LogP contribution >= 0.6 is 22.7 Å². The average Bonchev–Trinajstić information content (AvgIpc) is 3.23. The van der Waals surface area contributed by atoms with Crippen LogP contribution in [0.25, 0.3) is 31.7 Å². The van der Waals surface area contributed by atoms with Gasteiger partial charge in [-0.05, 0) is 31.2 Å². The van der Waals surface area contributed by atoms with Gasteiger partial charge in [-0.15, -0.1) is 22.7 Å². The first-order valence-electron chi connectivity index (χ1n) is 7.45. The predicted octanol–water partition coefficient (Wildman–Crippen LogP) is 6.05. The van der Waals surface area contributed by atoms with Gasteiger partial charge in [-0.3, -0.25) is 0 Å². The third-order valence-electron chi connectivity index (χ3n) is 3.65.